The predicted octanol–water partition coefficient (Wildman–Crippen LogP) is 1.61. The van der Waals surface area contributed by atoms with Gasteiger partial charge in [0.05, 0.1) is 16.6 Å². The number of sulfonamides is 1. The van der Waals surface area contributed by atoms with Crippen LogP contribution in [0.15, 0.2) is 29.2 Å². The smallest absolute Gasteiger partial charge is 0.338 e. The van der Waals surface area contributed by atoms with E-state index in [4.69, 9.17) is 9.47 Å². The Balaban J connectivity index is 1.93. The van der Waals surface area contributed by atoms with E-state index < -0.39 is 22.6 Å². The Hall–Kier alpha value is -1.97. The van der Waals surface area contributed by atoms with Gasteiger partial charge in [-0.3, -0.25) is 4.79 Å². The average Bonchev–Trinajstić information content (AvgIpc) is 3.22. The molecule has 1 aromatic carbocycles. The van der Waals surface area contributed by atoms with E-state index in [0.717, 1.165) is 25.7 Å². The maximum absolute atomic E-state index is 12.4. The number of hydrogen-bond acceptors (Lipinski definition) is 6. The van der Waals surface area contributed by atoms with E-state index in [1.54, 1.807) is 0 Å². The van der Waals surface area contributed by atoms with Gasteiger partial charge in [-0.1, -0.05) is 19.9 Å². The highest BCUT2D eigenvalue weighted by Crippen LogP contribution is 2.15. The Kier molecular flexibility index (Phi) is 8.40. The topological polar surface area (TPSA) is 111 Å². The molecule has 0 unspecified atom stereocenters. The third-order valence-corrected chi connectivity index (χ3v) is 6.01. The van der Waals surface area contributed by atoms with Crippen molar-refractivity contribution in [1.82, 2.24) is 10.0 Å². The summed E-state index contributed by atoms with van der Waals surface area (Å²) in [7, 11) is -3.77. The molecule has 0 aliphatic carbocycles. The molecule has 1 heterocycles. The first-order valence-electron chi connectivity index (χ1n) is 9.53. The average molecular weight is 413 g/mol. The number of carbonyl (C=O) groups is 2. The molecule has 1 atom stereocenters. The fourth-order valence-electron chi connectivity index (χ4n) is 2.86. The van der Waals surface area contributed by atoms with Gasteiger partial charge >= 0.3 is 5.97 Å². The zero-order chi connectivity index (χ0) is 20.6. The third kappa shape index (κ3) is 6.57. The van der Waals surface area contributed by atoms with Crippen LogP contribution in [0.3, 0.4) is 0 Å². The van der Waals surface area contributed by atoms with Crippen LogP contribution >= 0.6 is 0 Å². The Morgan fingerprint density at radius 3 is 2.68 bits per heavy atom. The number of nitrogens with one attached hydrogen (secondary N) is 2. The van der Waals surface area contributed by atoms with Crippen molar-refractivity contribution in [2.24, 2.45) is 0 Å². The Morgan fingerprint density at radius 1 is 1.29 bits per heavy atom. The predicted molar refractivity (Wildman–Crippen MR) is 103 cm³/mol. The molecule has 9 heteroatoms. The fraction of sp³-hybridized carbons (Fsp3) is 0.579. The van der Waals surface area contributed by atoms with Gasteiger partial charge in [-0.05, 0) is 43.9 Å². The number of amides is 1. The van der Waals surface area contributed by atoms with Crippen LogP contribution in [0.2, 0.25) is 0 Å². The number of esters is 1. The number of hydrogen-bond donors (Lipinski definition) is 2. The fourth-order valence-corrected chi connectivity index (χ4v) is 3.97. The van der Waals surface area contributed by atoms with E-state index >= 15 is 0 Å². The van der Waals surface area contributed by atoms with Gasteiger partial charge in [0.1, 0.15) is 0 Å². The first-order chi connectivity index (χ1) is 13.4. The van der Waals surface area contributed by atoms with Crippen molar-refractivity contribution in [2.45, 2.75) is 56.6 Å². The van der Waals surface area contributed by atoms with Gasteiger partial charge < -0.3 is 14.8 Å². The zero-order valence-corrected chi connectivity index (χ0v) is 17.1. The lowest BCUT2D eigenvalue weighted by Crippen LogP contribution is -2.36. The maximum atomic E-state index is 12.4. The maximum Gasteiger partial charge on any atom is 0.338 e. The molecule has 28 heavy (non-hydrogen) atoms. The molecule has 1 amide bonds. The molecule has 1 aliphatic heterocycles. The van der Waals surface area contributed by atoms with Crippen LogP contribution in [0.1, 0.15) is 49.9 Å². The minimum Gasteiger partial charge on any atom is -0.452 e. The van der Waals surface area contributed by atoms with Gasteiger partial charge in [-0.2, -0.15) is 0 Å². The molecule has 156 valence electrons. The second-order valence-electron chi connectivity index (χ2n) is 6.67. The normalized spacial score (nSPS) is 16.9. The summed E-state index contributed by atoms with van der Waals surface area (Å²) in [6, 6.07) is 5.57. The summed E-state index contributed by atoms with van der Waals surface area (Å²) in [6.45, 7) is 4.33. The van der Waals surface area contributed by atoms with E-state index in [1.807, 2.05) is 13.8 Å². The lowest BCUT2D eigenvalue weighted by molar-refractivity contribution is -0.125. The highest BCUT2D eigenvalue weighted by atomic mass is 32.2. The Morgan fingerprint density at radius 2 is 2.04 bits per heavy atom. The van der Waals surface area contributed by atoms with E-state index in [2.05, 4.69) is 10.0 Å². The van der Waals surface area contributed by atoms with Crippen LogP contribution in [0, 0.1) is 0 Å². The van der Waals surface area contributed by atoms with Crippen molar-refractivity contribution in [1.29, 1.82) is 0 Å². The second kappa shape index (κ2) is 10.5. The Bertz CT molecular complexity index is 770. The van der Waals surface area contributed by atoms with Crippen LogP contribution in [0.5, 0.6) is 0 Å². The van der Waals surface area contributed by atoms with Gasteiger partial charge in [0, 0.05) is 19.2 Å². The monoisotopic (exact) mass is 412 g/mol. The molecule has 0 aromatic heterocycles. The van der Waals surface area contributed by atoms with Crippen molar-refractivity contribution >= 4 is 21.9 Å². The highest BCUT2D eigenvalue weighted by Gasteiger charge is 2.21. The minimum atomic E-state index is -3.77. The quantitative estimate of drug-likeness (QED) is 0.565. The van der Waals surface area contributed by atoms with Crippen molar-refractivity contribution in [3.8, 4) is 0 Å². The van der Waals surface area contributed by atoms with E-state index in [1.165, 1.54) is 24.3 Å². The zero-order valence-electron chi connectivity index (χ0n) is 16.3. The summed E-state index contributed by atoms with van der Waals surface area (Å²) in [4.78, 5) is 24.0. The lowest BCUT2D eigenvalue weighted by Gasteiger charge is -2.14. The molecular weight excluding hydrogens is 384 g/mol. The molecule has 0 saturated carbocycles. The molecule has 1 aromatic rings. The highest BCUT2D eigenvalue weighted by molar-refractivity contribution is 7.89. The van der Waals surface area contributed by atoms with Gasteiger partial charge in [0.25, 0.3) is 5.91 Å². The number of carbonyl (C=O) groups excluding carboxylic acids is 2. The van der Waals surface area contributed by atoms with Crippen molar-refractivity contribution in [2.75, 3.05) is 19.8 Å². The van der Waals surface area contributed by atoms with Crippen LogP contribution in [-0.2, 0) is 24.3 Å². The lowest BCUT2D eigenvalue weighted by atomic mass is 10.2. The summed E-state index contributed by atoms with van der Waals surface area (Å²) in [6.07, 6.45) is 3.17. The van der Waals surface area contributed by atoms with Crippen LogP contribution in [-0.4, -0.2) is 52.2 Å². The number of benzene rings is 1. The first-order valence-corrected chi connectivity index (χ1v) is 11.0. The largest absolute Gasteiger partial charge is 0.452 e. The molecule has 0 radical (unpaired) electrons. The van der Waals surface area contributed by atoms with Gasteiger partial charge in [0.15, 0.2) is 6.61 Å². The third-order valence-electron chi connectivity index (χ3n) is 4.59. The first kappa shape index (κ1) is 22.3. The van der Waals surface area contributed by atoms with E-state index in [-0.39, 0.29) is 35.1 Å². The molecule has 2 N–H and O–H groups in total. The molecule has 0 spiro atoms. The number of rotatable bonds is 10. The summed E-state index contributed by atoms with van der Waals surface area (Å²) in [5.74, 6) is -1.14. The van der Waals surface area contributed by atoms with Crippen LogP contribution in [0.4, 0.5) is 0 Å². The molecule has 0 bridgehead atoms. The summed E-state index contributed by atoms with van der Waals surface area (Å²) in [5.41, 5.74) is 0.0651. The molecule has 8 nitrogen and oxygen atoms in total. The molecule has 2 rings (SSSR count). The van der Waals surface area contributed by atoms with Crippen molar-refractivity contribution in [3.05, 3.63) is 29.8 Å². The summed E-state index contributed by atoms with van der Waals surface area (Å²) < 4.78 is 37.8. The molecule has 1 aliphatic rings. The minimum absolute atomic E-state index is 0.0367. The van der Waals surface area contributed by atoms with Gasteiger partial charge in [-0.25, -0.2) is 17.9 Å². The van der Waals surface area contributed by atoms with Crippen molar-refractivity contribution < 1.29 is 27.5 Å². The Labute approximate surface area is 166 Å². The second-order valence-corrected chi connectivity index (χ2v) is 8.44. The standard InChI is InChI=1S/C19H28N2O6S/c1-3-15(4-2)21-18(22)13-27-19(23)14-7-5-9-17(11-14)28(24,25)20-12-16-8-6-10-26-16/h5,7,9,11,15-16,20H,3-4,6,8,10,12-13H2,1-2H3,(H,21,22)/t16-/m0/s1. The molecule has 1 saturated heterocycles. The van der Waals surface area contributed by atoms with E-state index in [0.29, 0.717) is 6.61 Å². The molecule has 1 fully saturated rings. The van der Waals surface area contributed by atoms with Crippen LogP contribution in [0.25, 0.3) is 0 Å². The SMILES string of the molecule is CCC(CC)NC(=O)COC(=O)c1cccc(S(=O)(=O)NC[C@@H]2CCCO2)c1. The van der Waals surface area contributed by atoms with Gasteiger partial charge in [0.2, 0.25) is 10.0 Å². The molecular formula is C19H28N2O6S. The van der Waals surface area contributed by atoms with Crippen LogP contribution < -0.4 is 10.0 Å². The number of ether oxygens (including phenoxy) is 2. The summed E-state index contributed by atoms with van der Waals surface area (Å²) in [5, 5.41) is 2.77. The summed E-state index contributed by atoms with van der Waals surface area (Å²) >= 11 is 0. The van der Waals surface area contributed by atoms with Crippen molar-refractivity contribution in [3.63, 3.8) is 0 Å². The van der Waals surface area contributed by atoms with E-state index in [9.17, 15) is 18.0 Å². The van der Waals surface area contributed by atoms with Gasteiger partial charge in [-0.15, -0.1) is 0 Å².